The monoisotopic (exact) mass is 457 g/mol. The molecule has 0 saturated carbocycles. The van der Waals surface area contributed by atoms with Gasteiger partial charge in [-0.05, 0) is 11.6 Å². The number of nitrogens with two attached hydrogens (primary N) is 1. The average Bonchev–Trinajstić information content (AvgIpc) is 2.67. The Labute approximate surface area is 180 Å². The van der Waals surface area contributed by atoms with Crippen molar-refractivity contribution in [3.8, 4) is 0 Å². The fraction of sp³-hybridized carbons (Fsp3) is 0.278. The number of nitrogens with zero attached hydrogens (tertiary/aromatic N) is 1. The van der Waals surface area contributed by atoms with Crippen LogP contribution in [0.15, 0.2) is 40.3 Å². The highest BCUT2D eigenvalue weighted by atomic mass is 35.5. The number of carbonyl (C=O) groups is 3. The van der Waals surface area contributed by atoms with Crippen molar-refractivity contribution < 1.29 is 28.8 Å². The zero-order valence-corrected chi connectivity index (χ0v) is 17.3. The van der Waals surface area contributed by atoms with Crippen LogP contribution in [-0.4, -0.2) is 29.9 Å². The zero-order chi connectivity index (χ0) is 22.6. The molecule has 1 aromatic carbocycles. The number of aldehydes is 1. The number of nitro benzene ring substituents is 1. The van der Waals surface area contributed by atoms with Crippen LogP contribution in [-0.2, 0) is 23.9 Å². The van der Waals surface area contributed by atoms with E-state index in [1.807, 2.05) is 0 Å². The van der Waals surface area contributed by atoms with Gasteiger partial charge in [0.05, 0.1) is 22.3 Å². The fourth-order valence-electron chi connectivity index (χ4n) is 2.62. The first-order valence-electron chi connectivity index (χ1n) is 8.47. The number of dihydropyridines is 1. The summed E-state index contributed by atoms with van der Waals surface area (Å²) in [7, 11) is 0. The molecule has 0 saturated heterocycles. The van der Waals surface area contributed by atoms with Crippen molar-refractivity contribution in [2.24, 2.45) is 11.7 Å². The van der Waals surface area contributed by atoms with Crippen LogP contribution in [0.3, 0.4) is 0 Å². The molecule has 0 aliphatic carbocycles. The second-order valence-electron chi connectivity index (χ2n) is 6.40. The number of benzene rings is 1. The van der Waals surface area contributed by atoms with Crippen LogP contribution in [0, 0.1) is 16.0 Å². The lowest BCUT2D eigenvalue weighted by molar-refractivity contribution is -0.384. The predicted octanol–water partition coefficient (Wildman–Crippen LogP) is 2.45. The van der Waals surface area contributed by atoms with Gasteiger partial charge in [0, 0.05) is 22.7 Å². The number of nitrogens with one attached hydrogen (secondary N) is 1. The minimum atomic E-state index is -1.25. The third kappa shape index (κ3) is 4.89. The van der Waals surface area contributed by atoms with Gasteiger partial charge in [-0.2, -0.15) is 0 Å². The number of nitro groups is 1. The van der Waals surface area contributed by atoms with Crippen molar-refractivity contribution in [1.29, 1.82) is 0 Å². The molecule has 1 aliphatic heterocycles. The first-order chi connectivity index (χ1) is 14.1. The Balaban J connectivity index is 2.47. The number of rotatable bonds is 7. The van der Waals surface area contributed by atoms with Crippen LogP contribution in [0.1, 0.15) is 25.3 Å². The van der Waals surface area contributed by atoms with Crippen LogP contribution in [0.5, 0.6) is 0 Å². The summed E-state index contributed by atoms with van der Waals surface area (Å²) in [5.41, 5.74) is 5.19. The molecule has 0 radical (unpaired) electrons. The highest BCUT2D eigenvalue weighted by Gasteiger charge is 2.37. The first-order valence-corrected chi connectivity index (χ1v) is 9.23. The molecule has 160 valence electrons. The van der Waals surface area contributed by atoms with Gasteiger partial charge in [0.25, 0.3) is 5.69 Å². The van der Waals surface area contributed by atoms with Gasteiger partial charge in [-0.1, -0.05) is 37.0 Å². The molecule has 0 spiro atoms. The smallest absolute Gasteiger partial charge is 0.341 e. The van der Waals surface area contributed by atoms with Gasteiger partial charge in [0.15, 0.2) is 0 Å². The van der Waals surface area contributed by atoms with E-state index in [-0.39, 0.29) is 38.4 Å². The topological polar surface area (TPSA) is 151 Å². The molecule has 3 N–H and O–H groups in total. The summed E-state index contributed by atoms with van der Waals surface area (Å²) >= 11 is 12.2. The summed E-state index contributed by atoms with van der Waals surface area (Å²) in [6.45, 7) is 2.49. The van der Waals surface area contributed by atoms with Gasteiger partial charge in [0.1, 0.15) is 17.3 Å². The highest BCUT2D eigenvalue weighted by Crippen LogP contribution is 2.41. The highest BCUT2D eigenvalue weighted by molar-refractivity contribution is 6.32. The Morgan fingerprint density at radius 3 is 2.57 bits per heavy atom. The van der Waals surface area contributed by atoms with Crippen molar-refractivity contribution in [1.82, 2.24) is 5.32 Å². The quantitative estimate of drug-likeness (QED) is 0.157. The van der Waals surface area contributed by atoms with E-state index in [0.29, 0.717) is 6.29 Å². The van der Waals surface area contributed by atoms with Crippen molar-refractivity contribution in [3.63, 3.8) is 0 Å². The van der Waals surface area contributed by atoms with Gasteiger partial charge in [-0.3, -0.25) is 19.7 Å². The number of allylic oxidation sites excluding steroid dienone is 1. The molecular weight excluding hydrogens is 441 g/mol. The zero-order valence-electron chi connectivity index (χ0n) is 15.8. The summed E-state index contributed by atoms with van der Waals surface area (Å²) in [6.07, 6.45) is 0.369. The number of hydrogen-bond donors (Lipinski definition) is 2. The van der Waals surface area contributed by atoms with E-state index in [2.05, 4.69) is 5.32 Å². The van der Waals surface area contributed by atoms with Crippen LogP contribution in [0.2, 0.25) is 5.02 Å². The Bertz CT molecular complexity index is 973. The SMILES string of the molecule is CC(C)C(=O)OCOC(=O)C1=C(N)NC(Cl)=C(C=O)[C@@H]1c1cc([N+](=O)[O-])ccc1Cl. The van der Waals surface area contributed by atoms with Crippen molar-refractivity contribution >= 4 is 47.1 Å². The molecule has 0 unspecified atom stereocenters. The molecule has 1 heterocycles. The van der Waals surface area contributed by atoms with Gasteiger partial charge in [-0.25, -0.2) is 4.79 Å². The molecule has 0 fully saturated rings. The van der Waals surface area contributed by atoms with E-state index in [0.717, 1.165) is 12.1 Å². The molecule has 0 bridgehead atoms. The Morgan fingerprint density at radius 2 is 2.00 bits per heavy atom. The van der Waals surface area contributed by atoms with E-state index in [4.69, 9.17) is 38.4 Å². The standard InChI is InChI=1S/C18H17Cl2N3O7/c1-8(2)17(25)29-7-30-18(26)14-13(11(6-24)15(20)22-16(14)21)10-5-9(23(27)28)3-4-12(10)19/h3-6,8,13,22H,7,21H2,1-2H3/t13-/m0/s1. The molecule has 1 aliphatic rings. The second kappa shape index (κ2) is 9.59. The van der Waals surface area contributed by atoms with Crippen LogP contribution >= 0.6 is 23.2 Å². The minimum Gasteiger partial charge on any atom is -0.428 e. The lowest BCUT2D eigenvalue weighted by atomic mass is 9.83. The molecule has 30 heavy (non-hydrogen) atoms. The summed E-state index contributed by atoms with van der Waals surface area (Å²) in [6, 6.07) is 3.51. The van der Waals surface area contributed by atoms with Gasteiger partial charge >= 0.3 is 11.9 Å². The third-order valence-corrected chi connectivity index (χ3v) is 4.76. The fourth-order valence-corrected chi connectivity index (χ4v) is 3.10. The summed E-state index contributed by atoms with van der Waals surface area (Å²) in [4.78, 5) is 46.4. The number of hydrogen-bond acceptors (Lipinski definition) is 9. The normalized spacial score (nSPS) is 16.2. The van der Waals surface area contributed by atoms with E-state index >= 15 is 0 Å². The molecule has 0 amide bonds. The third-order valence-electron chi connectivity index (χ3n) is 4.10. The van der Waals surface area contributed by atoms with Crippen molar-refractivity contribution in [3.05, 3.63) is 61.0 Å². The van der Waals surface area contributed by atoms with E-state index < -0.39 is 35.5 Å². The Kier molecular flexibility index (Phi) is 7.41. The molecule has 2 rings (SSSR count). The molecule has 1 atom stereocenters. The van der Waals surface area contributed by atoms with E-state index in [1.54, 1.807) is 13.8 Å². The van der Waals surface area contributed by atoms with E-state index in [1.165, 1.54) is 6.07 Å². The number of esters is 2. The number of carbonyl (C=O) groups excluding carboxylic acids is 3. The van der Waals surface area contributed by atoms with Crippen molar-refractivity contribution in [2.75, 3.05) is 6.79 Å². The van der Waals surface area contributed by atoms with Gasteiger partial charge in [0.2, 0.25) is 6.79 Å². The summed E-state index contributed by atoms with van der Waals surface area (Å²) in [5, 5.41) is 13.5. The summed E-state index contributed by atoms with van der Waals surface area (Å²) < 4.78 is 9.75. The van der Waals surface area contributed by atoms with E-state index in [9.17, 15) is 24.5 Å². The molecule has 0 aromatic heterocycles. The van der Waals surface area contributed by atoms with Gasteiger partial charge < -0.3 is 20.5 Å². The van der Waals surface area contributed by atoms with Crippen LogP contribution in [0.4, 0.5) is 5.69 Å². The Morgan fingerprint density at radius 1 is 1.33 bits per heavy atom. The number of non-ortho nitro benzene ring substituents is 1. The first kappa shape index (κ1) is 23.2. The summed E-state index contributed by atoms with van der Waals surface area (Å²) in [5.74, 6) is -3.58. The predicted molar refractivity (Wildman–Crippen MR) is 106 cm³/mol. The van der Waals surface area contributed by atoms with Crippen LogP contribution in [0.25, 0.3) is 0 Å². The van der Waals surface area contributed by atoms with Gasteiger partial charge in [-0.15, -0.1) is 0 Å². The maximum absolute atomic E-state index is 12.7. The molecular formula is C18H17Cl2N3O7. The molecule has 1 aromatic rings. The Hall–Kier alpha value is -3.11. The maximum atomic E-state index is 12.7. The van der Waals surface area contributed by atoms with Crippen molar-refractivity contribution in [2.45, 2.75) is 19.8 Å². The largest absolute Gasteiger partial charge is 0.428 e. The molecule has 12 heteroatoms. The minimum absolute atomic E-state index is 0.0284. The number of halogens is 2. The maximum Gasteiger partial charge on any atom is 0.341 e. The lowest BCUT2D eigenvalue weighted by Gasteiger charge is -2.28. The lowest BCUT2D eigenvalue weighted by Crippen LogP contribution is -2.34. The average molecular weight is 458 g/mol. The number of ether oxygens (including phenoxy) is 2. The molecule has 10 nitrogen and oxygen atoms in total. The second-order valence-corrected chi connectivity index (χ2v) is 7.19. The van der Waals surface area contributed by atoms with Crippen LogP contribution < -0.4 is 11.1 Å².